The first kappa shape index (κ1) is 23.3. The normalized spacial score (nSPS) is 11.0. The van der Waals surface area contributed by atoms with E-state index in [1.165, 1.54) is 0 Å². The Bertz CT molecular complexity index is 1250. The van der Waals surface area contributed by atoms with Crippen LogP contribution in [0.2, 0.25) is 5.02 Å². The van der Waals surface area contributed by atoms with Crippen LogP contribution in [0, 0.1) is 6.92 Å². The molecule has 0 unspecified atom stereocenters. The molecule has 33 heavy (non-hydrogen) atoms. The van der Waals surface area contributed by atoms with Gasteiger partial charge in [-0.05, 0) is 73.5 Å². The molecule has 0 radical (unpaired) electrons. The summed E-state index contributed by atoms with van der Waals surface area (Å²) < 4.78 is 9.08. The number of hydrogen-bond acceptors (Lipinski definition) is 3. The van der Waals surface area contributed by atoms with Crippen LogP contribution in [-0.2, 0) is 13.0 Å². The lowest BCUT2D eigenvalue weighted by atomic mass is 10.2. The van der Waals surface area contributed by atoms with Crippen molar-refractivity contribution in [1.29, 1.82) is 0 Å². The third kappa shape index (κ3) is 5.95. The minimum atomic E-state index is -0.0863. The third-order valence-electron chi connectivity index (χ3n) is 5.40. The van der Waals surface area contributed by atoms with Gasteiger partial charge in [-0.25, -0.2) is 4.98 Å². The minimum Gasteiger partial charge on any atom is -0.494 e. The van der Waals surface area contributed by atoms with E-state index < -0.39 is 0 Å². The zero-order chi connectivity index (χ0) is 23.2. The SMILES string of the molecule is Cc1cc(OCCCn2c(CCNC(=O)c3ccc(Br)cc3)nc3ccccc32)ccc1Cl. The summed E-state index contributed by atoms with van der Waals surface area (Å²) in [5, 5.41) is 3.73. The molecular weight excluding hydrogens is 502 g/mol. The molecule has 4 aromatic rings. The van der Waals surface area contributed by atoms with E-state index in [9.17, 15) is 4.79 Å². The highest BCUT2D eigenvalue weighted by atomic mass is 79.9. The molecule has 0 aliphatic heterocycles. The summed E-state index contributed by atoms with van der Waals surface area (Å²) >= 11 is 9.48. The summed E-state index contributed by atoms with van der Waals surface area (Å²) in [5.41, 5.74) is 3.69. The lowest BCUT2D eigenvalue weighted by Crippen LogP contribution is -2.26. The summed E-state index contributed by atoms with van der Waals surface area (Å²) in [7, 11) is 0. The van der Waals surface area contributed by atoms with Crippen LogP contribution in [-0.4, -0.2) is 28.6 Å². The van der Waals surface area contributed by atoms with E-state index in [0.717, 1.165) is 50.6 Å². The van der Waals surface area contributed by atoms with Crippen molar-refractivity contribution in [2.24, 2.45) is 0 Å². The summed E-state index contributed by atoms with van der Waals surface area (Å²) in [6.07, 6.45) is 1.48. The largest absolute Gasteiger partial charge is 0.494 e. The van der Waals surface area contributed by atoms with Crippen molar-refractivity contribution in [1.82, 2.24) is 14.9 Å². The van der Waals surface area contributed by atoms with Gasteiger partial charge in [-0.2, -0.15) is 0 Å². The molecule has 4 rings (SSSR count). The topological polar surface area (TPSA) is 56.1 Å². The molecule has 0 aliphatic rings. The monoisotopic (exact) mass is 525 g/mol. The van der Waals surface area contributed by atoms with Crippen LogP contribution in [0.4, 0.5) is 0 Å². The number of nitrogens with zero attached hydrogens (tertiary/aromatic N) is 2. The minimum absolute atomic E-state index is 0.0863. The molecule has 170 valence electrons. The van der Waals surface area contributed by atoms with Gasteiger partial charge >= 0.3 is 0 Å². The molecule has 1 heterocycles. The summed E-state index contributed by atoms with van der Waals surface area (Å²) in [6.45, 7) is 3.85. The maximum Gasteiger partial charge on any atom is 0.251 e. The number of aromatic nitrogens is 2. The lowest BCUT2D eigenvalue weighted by Gasteiger charge is -2.11. The number of carbonyl (C=O) groups excluding carboxylic acids is 1. The Balaban J connectivity index is 1.37. The van der Waals surface area contributed by atoms with Crippen molar-refractivity contribution >= 4 is 44.5 Å². The molecule has 0 saturated heterocycles. The highest BCUT2D eigenvalue weighted by Crippen LogP contribution is 2.22. The quantitative estimate of drug-likeness (QED) is 0.264. The Morgan fingerprint density at radius 2 is 1.91 bits per heavy atom. The van der Waals surface area contributed by atoms with Crippen LogP contribution in [0.5, 0.6) is 5.75 Å². The second kappa shape index (κ2) is 10.9. The number of para-hydroxylation sites is 2. The number of rotatable bonds is 9. The van der Waals surface area contributed by atoms with Crippen LogP contribution >= 0.6 is 27.5 Å². The Labute approximate surface area is 206 Å². The van der Waals surface area contributed by atoms with Crippen molar-refractivity contribution in [2.75, 3.05) is 13.2 Å². The number of imidazole rings is 1. The van der Waals surface area contributed by atoms with Crippen LogP contribution in [0.1, 0.15) is 28.2 Å². The number of hydrogen-bond donors (Lipinski definition) is 1. The van der Waals surface area contributed by atoms with Gasteiger partial charge < -0.3 is 14.6 Å². The smallest absolute Gasteiger partial charge is 0.251 e. The highest BCUT2D eigenvalue weighted by molar-refractivity contribution is 9.10. The van der Waals surface area contributed by atoms with E-state index >= 15 is 0 Å². The fourth-order valence-corrected chi connectivity index (χ4v) is 4.06. The number of halogens is 2. The molecule has 7 heteroatoms. The first-order valence-electron chi connectivity index (χ1n) is 10.9. The summed E-state index contributed by atoms with van der Waals surface area (Å²) in [6, 6.07) is 21.1. The van der Waals surface area contributed by atoms with E-state index in [-0.39, 0.29) is 5.91 Å². The molecular formula is C26H25BrClN3O2. The molecule has 0 saturated carbocycles. The van der Waals surface area contributed by atoms with Crippen LogP contribution < -0.4 is 10.1 Å². The van der Waals surface area contributed by atoms with Gasteiger partial charge in [0, 0.05) is 34.6 Å². The molecule has 0 fully saturated rings. The fraction of sp³-hybridized carbons (Fsp3) is 0.231. The van der Waals surface area contributed by atoms with E-state index in [0.29, 0.717) is 25.1 Å². The van der Waals surface area contributed by atoms with E-state index in [1.54, 1.807) is 12.1 Å². The molecule has 5 nitrogen and oxygen atoms in total. The van der Waals surface area contributed by atoms with Crippen molar-refractivity contribution in [3.05, 3.63) is 93.2 Å². The number of carbonyl (C=O) groups is 1. The Hall–Kier alpha value is -2.83. The Kier molecular flexibility index (Phi) is 7.68. The Morgan fingerprint density at radius 1 is 1.12 bits per heavy atom. The van der Waals surface area contributed by atoms with Crippen molar-refractivity contribution in [3.8, 4) is 5.75 Å². The predicted octanol–water partition coefficient (Wildman–Crippen LogP) is 6.20. The average molecular weight is 527 g/mol. The zero-order valence-corrected chi connectivity index (χ0v) is 20.7. The van der Waals surface area contributed by atoms with Crippen molar-refractivity contribution in [2.45, 2.75) is 26.3 Å². The summed E-state index contributed by atoms with van der Waals surface area (Å²) in [5.74, 6) is 1.69. The number of benzene rings is 3. The fourth-order valence-electron chi connectivity index (χ4n) is 3.68. The maximum atomic E-state index is 12.4. The van der Waals surface area contributed by atoms with Gasteiger partial charge in [0.1, 0.15) is 11.6 Å². The third-order valence-corrected chi connectivity index (χ3v) is 6.35. The van der Waals surface area contributed by atoms with Crippen LogP contribution in [0.3, 0.4) is 0 Å². The van der Waals surface area contributed by atoms with Gasteiger partial charge in [0.25, 0.3) is 5.91 Å². The van der Waals surface area contributed by atoms with Gasteiger partial charge in [0.05, 0.1) is 17.6 Å². The molecule has 0 bridgehead atoms. The predicted molar refractivity (Wildman–Crippen MR) is 136 cm³/mol. The number of fused-ring (bicyclic) bond motifs is 1. The van der Waals surface area contributed by atoms with Crippen molar-refractivity contribution in [3.63, 3.8) is 0 Å². The molecule has 0 spiro atoms. The zero-order valence-electron chi connectivity index (χ0n) is 18.4. The van der Waals surface area contributed by atoms with Gasteiger partial charge in [0.2, 0.25) is 0 Å². The molecule has 1 aromatic heterocycles. The number of nitrogens with one attached hydrogen (secondary N) is 1. The van der Waals surface area contributed by atoms with Gasteiger partial charge in [-0.15, -0.1) is 0 Å². The molecule has 0 atom stereocenters. The Morgan fingerprint density at radius 3 is 2.70 bits per heavy atom. The van der Waals surface area contributed by atoms with Crippen LogP contribution in [0.15, 0.2) is 71.2 Å². The molecule has 1 N–H and O–H groups in total. The maximum absolute atomic E-state index is 12.4. The first-order chi connectivity index (χ1) is 16.0. The highest BCUT2D eigenvalue weighted by Gasteiger charge is 2.11. The molecule has 1 amide bonds. The lowest BCUT2D eigenvalue weighted by molar-refractivity contribution is 0.0954. The summed E-state index contributed by atoms with van der Waals surface area (Å²) in [4.78, 5) is 17.2. The second-order valence-electron chi connectivity index (χ2n) is 7.79. The standard InChI is InChI=1S/C26H25BrClN3O2/c1-18-17-21(11-12-22(18)28)33-16-4-15-31-24-6-3-2-5-23(24)30-25(31)13-14-29-26(32)19-7-9-20(27)10-8-19/h2-3,5-12,17H,4,13-16H2,1H3,(H,29,32). The first-order valence-corrected chi connectivity index (χ1v) is 12.1. The van der Waals surface area contributed by atoms with E-state index in [4.69, 9.17) is 21.3 Å². The van der Waals surface area contributed by atoms with Crippen molar-refractivity contribution < 1.29 is 9.53 Å². The van der Waals surface area contributed by atoms with E-state index in [2.05, 4.69) is 31.9 Å². The molecule has 3 aromatic carbocycles. The molecule has 0 aliphatic carbocycles. The van der Waals surface area contributed by atoms with Crippen LogP contribution in [0.25, 0.3) is 11.0 Å². The van der Waals surface area contributed by atoms with Gasteiger partial charge in [-0.3, -0.25) is 4.79 Å². The second-order valence-corrected chi connectivity index (χ2v) is 9.12. The average Bonchev–Trinajstić information content (AvgIpc) is 3.16. The number of aryl methyl sites for hydroxylation is 2. The number of amides is 1. The van der Waals surface area contributed by atoms with Gasteiger partial charge in [-0.1, -0.05) is 39.7 Å². The van der Waals surface area contributed by atoms with Gasteiger partial charge in [0.15, 0.2) is 0 Å². The number of ether oxygens (including phenoxy) is 1. The van der Waals surface area contributed by atoms with E-state index in [1.807, 2.05) is 55.5 Å².